The maximum absolute atomic E-state index is 10.9. The molecule has 1 rings (SSSR count). The lowest BCUT2D eigenvalue weighted by molar-refractivity contribution is -0.387. The van der Waals surface area contributed by atoms with Crippen LogP contribution in [0.25, 0.3) is 0 Å². The van der Waals surface area contributed by atoms with Crippen LogP contribution in [0.15, 0.2) is 17.0 Å². The molecule has 0 fully saturated rings. The maximum Gasteiger partial charge on any atom is 0.313 e. The summed E-state index contributed by atoms with van der Waals surface area (Å²) < 4.78 is 30.7. The van der Waals surface area contributed by atoms with Gasteiger partial charge in [0, 0.05) is 0 Å². The Morgan fingerprint density at radius 1 is 1.47 bits per heavy atom. The van der Waals surface area contributed by atoms with Crippen LogP contribution in [0.3, 0.4) is 0 Å². The molecular weight excluding hydrogens is 224 g/mol. The fourth-order valence-corrected chi connectivity index (χ4v) is 2.11. The molecule has 0 radical (unpaired) electrons. The van der Waals surface area contributed by atoms with Crippen LogP contribution < -0.4 is 5.73 Å². The largest absolute Gasteiger partial charge is 0.393 e. The molecule has 8 heteroatoms. The van der Waals surface area contributed by atoms with E-state index in [-0.39, 0.29) is 11.3 Å². The molecule has 0 heterocycles. The Labute approximate surface area is 85.4 Å². The van der Waals surface area contributed by atoms with Gasteiger partial charge in [-0.05, 0) is 18.6 Å². The maximum atomic E-state index is 10.9. The Bertz CT molecular complexity index is 522. The molecule has 0 bridgehead atoms. The lowest BCUT2D eigenvalue weighted by Gasteiger charge is -2.05. The van der Waals surface area contributed by atoms with Gasteiger partial charge in [0.15, 0.2) is 4.90 Å². The number of nitrogen functional groups attached to an aromatic ring is 1. The molecule has 0 atom stereocenters. The predicted molar refractivity (Wildman–Crippen MR) is 52.1 cm³/mol. The summed E-state index contributed by atoms with van der Waals surface area (Å²) in [6, 6.07) is 2.49. The lowest BCUT2D eigenvalue weighted by atomic mass is 10.2. The van der Waals surface area contributed by atoms with E-state index in [2.05, 4.69) is 0 Å². The van der Waals surface area contributed by atoms with Crippen molar-refractivity contribution in [1.82, 2.24) is 0 Å². The van der Waals surface area contributed by atoms with Crippen LogP contribution >= 0.6 is 0 Å². The van der Waals surface area contributed by atoms with Crippen LogP contribution in [0.1, 0.15) is 5.56 Å². The normalized spacial score (nSPS) is 11.3. The van der Waals surface area contributed by atoms with Crippen LogP contribution in [0, 0.1) is 17.0 Å². The SMILES string of the molecule is Cc1ccc(N)c([N+](=O)[O-])c1S(=O)(=O)O. The van der Waals surface area contributed by atoms with Gasteiger partial charge >= 0.3 is 15.8 Å². The van der Waals surface area contributed by atoms with Crippen LogP contribution in [0.2, 0.25) is 0 Å². The Kier molecular flexibility index (Phi) is 2.65. The third kappa shape index (κ3) is 2.05. The first-order chi connectivity index (χ1) is 6.75. The number of anilines is 1. The van der Waals surface area contributed by atoms with Gasteiger partial charge in [0.2, 0.25) is 0 Å². The van der Waals surface area contributed by atoms with Gasteiger partial charge in [-0.3, -0.25) is 14.7 Å². The van der Waals surface area contributed by atoms with Crippen molar-refractivity contribution >= 4 is 21.5 Å². The topological polar surface area (TPSA) is 124 Å². The van der Waals surface area contributed by atoms with Crippen molar-refractivity contribution in [3.05, 3.63) is 27.8 Å². The summed E-state index contributed by atoms with van der Waals surface area (Å²) in [7, 11) is -4.65. The number of nitro benzene ring substituents is 1. The van der Waals surface area contributed by atoms with Crippen molar-refractivity contribution in [2.45, 2.75) is 11.8 Å². The summed E-state index contributed by atoms with van der Waals surface area (Å²) in [5, 5.41) is 10.6. The molecule has 1 aromatic rings. The Morgan fingerprint density at radius 3 is 2.33 bits per heavy atom. The van der Waals surface area contributed by atoms with E-state index >= 15 is 0 Å². The van der Waals surface area contributed by atoms with Crippen molar-refractivity contribution in [2.24, 2.45) is 0 Å². The smallest absolute Gasteiger partial charge is 0.313 e. The van der Waals surface area contributed by atoms with Gasteiger partial charge in [-0.1, -0.05) is 6.07 Å². The molecule has 7 nitrogen and oxygen atoms in total. The Hall–Kier alpha value is -1.67. The molecular formula is C7H8N2O5S. The fourth-order valence-electron chi connectivity index (χ4n) is 1.20. The molecule has 0 aliphatic carbocycles. The van der Waals surface area contributed by atoms with E-state index in [1.165, 1.54) is 19.1 Å². The number of hydrogen-bond donors (Lipinski definition) is 2. The molecule has 3 N–H and O–H groups in total. The van der Waals surface area contributed by atoms with E-state index in [4.69, 9.17) is 10.3 Å². The minimum absolute atomic E-state index is 0.0680. The van der Waals surface area contributed by atoms with Gasteiger partial charge in [0.25, 0.3) is 0 Å². The summed E-state index contributed by atoms with van der Waals surface area (Å²) >= 11 is 0. The fraction of sp³-hybridized carbons (Fsp3) is 0.143. The molecule has 15 heavy (non-hydrogen) atoms. The average Bonchev–Trinajstić information content (AvgIpc) is 2.05. The third-order valence-corrected chi connectivity index (χ3v) is 2.83. The van der Waals surface area contributed by atoms with Crippen molar-refractivity contribution < 1.29 is 17.9 Å². The number of nitro groups is 1. The number of aryl methyl sites for hydroxylation is 1. The predicted octanol–water partition coefficient (Wildman–Crippen LogP) is 0.732. The van der Waals surface area contributed by atoms with Crippen LogP contribution in [-0.2, 0) is 10.1 Å². The van der Waals surface area contributed by atoms with Gasteiger partial charge in [-0.15, -0.1) is 0 Å². The molecule has 0 unspecified atom stereocenters. The van der Waals surface area contributed by atoms with E-state index in [9.17, 15) is 18.5 Å². The molecule has 1 aromatic carbocycles. The second-order valence-corrected chi connectivity index (χ2v) is 4.24. The molecule has 0 aliphatic rings. The van der Waals surface area contributed by atoms with Gasteiger partial charge in [0.05, 0.1) is 4.92 Å². The van der Waals surface area contributed by atoms with Crippen LogP contribution in [0.4, 0.5) is 11.4 Å². The zero-order valence-electron chi connectivity index (χ0n) is 7.67. The Balaban J connectivity index is 3.76. The number of rotatable bonds is 2. The number of nitrogens with zero attached hydrogens (tertiary/aromatic N) is 1. The summed E-state index contributed by atoms with van der Waals surface area (Å²) in [5.74, 6) is 0. The van der Waals surface area contributed by atoms with Crippen LogP contribution in [-0.4, -0.2) is 17.9 Å². The number of benzene rings is 1. The number of hydrogen-bond acceptors (Lipinski definition) is 5. The lowest BCUT2D eigenvalue weighted by Crippen LogP contribution is -2.08. The Morgan fingerprint density at radius 2 is 2.00 bits per heavy atom. The standard InChI is InChI=1S/C7H8N2O5S/c1-4-2-3-5(8)6(9(10)11)7(4)15(12,13)14/h2-3H,8H2,1H3,(H,12,13,14). The van der Waals surface area contributed by atoms with Crippen molar-refractivity contribution in [3.8, 4) is 0 Å². The summed E-state index contributed by atoms with van der Waals surface area (Å²) in [6.45, 7) is 1.33. The van der Waals surface area contributed by atoms with Gasteiger partial charge in [-0.2, -0.15) is 8.42 Å². The minimum atomic E-state index is -4.65. The van der Waals surface area contributed by atoms with E-state index < -0.39 is 25.6 Å². The first-order valence-corrected chi connectivity index (χ1v) is 5.20. The van der Waals surface area contributed by atoms with Gasteiger partial charge in [-0.25, -0.2) is 0 Å². The average molecular weight is 232 g/mol. The van der Waals surface area contributed by atoms with E-state index in [0.29, 0.717) is 0 Å². The first kappa shape index (κ1) is 11.4. The molecule has 82 valence electrons. The summed E-state index contributed by atoms with van der Waals surface area (Å²) in [4.78, 5) is 8.90. The van der Waals surface area contributed by atoms with E-state index in [1.54, 1.807) is 0 Å². The molecule has 0 spiro atoms. The van der Waals surface area contributed by atoms with E-state index in [1.807, 2.05) is 0 Å². The van der Waals surface area contributed by atoms with Crippen molar-refractivity contribution in [3.63, 3.8) is 0 Å². The highest BCUT2D eigenvalue weighted by Gasteiger charge is 2.28. The van der Waals surface area contributed by atoms with Crippen molar-refractivity contribution in [1.29, 1.82) is 0 Å². The second-order valence-electron chi connectivity index (χ2n) is 2.88. The first-order valence-electron chi connectivity index (χ1n) is 3.76. The third-order valence-electron chi connectivity index (χ3n) is 1.80. The van der Waals surface area contributed by atoms with Crippen LogP contribution in [0.5, 0.6) is 0 Å². The highest BCUT2D eigenvalue weighted by Crippen LogP contribution is 2.32. The highest BCUT2D eigenvalue weighted by atomic mass is 32.2. The van der Waals surface area contributed by atoms with Gasteiger partial charge < -0.3 is 5.73 Å². The molecule has 0 saturated carbocycles. The zero-order valence-corrected chi connectivity index (χ0v) is 8.48. The zero-order chi connectivity index (χ0) is 11.8. The van der Waals surface area contributed by atoms with E-state index in [0.717, 1.165) is 0 Å². The highest BCUT2D eigenvalue weighted by molar-refractivity contribution is 7.86. The molecule has 0 saturated heterocycles. The number of nitrogens with two attached hydrogens (primary N) is 1. The minimum Gasteiger partial charge on any atom is -0.393 e. The van der Waals surface area contributed by atoms with Gasteiger partial charge in [0.1, 0.15) is 5.69 Å². The molecule has 0 aliphatic heterocycles. The molecule has 0 aromatic heterocycles. The monoisotopic (exact) mass is 232 g/mol. The van der Waals surface area contributed by atoms with Crippen molar-refractivity contribution in [2.75, 3.05) is 5.73 Å². The quantitative estimate of drug-likeness (QED) is 0.335. The second kappa shape index (κ2) is 3.48. The summed E-state index contributed by atoms with van der Waals surface area (Å²) in [5.41, 5.74) is 4.24. The molecule has 0 amide bonds. The summed E-state index contributed by atoms with van der Waals surface area (Å²) in [6.07, 6.45) is 0.